The minimum atomic E-state index is 0.0125. The van der Waals surface area contributed by atoms with Gasteiger partial charge in [-0.3, -0.25) is 4.79 Å². The second-order valence-corrected chi connectivity index (χ2v) is 6.84. The van der Waals surface area contributed by atoms with E-state index in [0.29, 0.717) is 23.7 Å². The number of hydrogen-bond acceptors (Lipinski definition) is 4. The Balaban J connectivity index is 1.69. The summed E-state index contributed by atoms with van der Waals surface area (Å²) in [5, 5.41) is 3.38. The lowest BCUT2D eigenvalue weighted by Gasteiger charge is -2.38. The van der Waals surface area contributed by atoms with E-state index in [1.807, 2.05) is 29.2 Å². The molecule has 6 heteroatoms. The first kappa shape index (κ1) is 16.9. The van der Waals surface area contributed by atoms with Crippen LogP contribution in [0.5, 0.6) is 11.6 Å². The molecule has 1 fully saturated rings. The topological polar surface area (TPSA) is 54.5 Å². The summed E-state index contributed by atoms with van der Waals surface area (Å²) in [7, 11) is 0. The average Bonchev–Trinajstić information content (AvgIpc) is 2.59. The molecule has 0 aliphatic carbocycles. The molecule has 1 aromatic carbocycles. The van der Waals surface area contributed by atoms with Crippen LogP contribution in [0.4, 0.5) is 0 Å². The van der Waals surface area contributed by atoms with Crippen LogP contribution in [-0.2, 0) is 0 Å². The summed E-state index contributed by atoms with van der Waals surface area (Å²) >= 11 is 3.39. The number of amides is 1. The lowest BCUT2D eigenvalue weighted by atomic mass is 10.1. The van der Waals surface area contributed by atoms with Gasteiger partial charge < -0.3 is 15.0 Å². The molecule has 1 N–H and O–H groups in total. The van der Waals surface area contributed by atoms with Crippen molar-refractivity contribution in [1.29, 1.82) is 0 Å². The molecule has 2 atom stereocenters. The van der Waals surface area contributed by atoms with Gasteiger partial charge in [0, 0.05) is 41.9 Å². The third kappa shape index (κ3) is 3.76. The van der Waals surface area contributed by atoms with Crippen molar-refractivity contribution in [2.75, 3.05) is 13.1 Å². The maximum atomic E-state index is 12.7. The van der Waals surface area contributed by atoms with Gasteiger partial charge in [0.05, 0.1) is 5.56 Å². The van der Waals surface area contributed by atoms with E-state index in [2.05, 4.69) is 40.1 Å². The Hall–Kier alpha value is -1.92. The molecule has 3 rings (SSSR count). The number of halogens is 1. The molecule has 0 spiro atoms. The van der Waals surface area contributed by atoms with Gasteiger partial charge >= 0.3 is 0 Å². The van der Waals surface area contributed by atoms with Crippen molar-refractivity contribution in [3.63, 3.8) is 0 Å². The minimum absolute atomic E-state index is 0.0125. The molecule has 1 saturated heterocycles. The third-order valence-electron chi connectivity index (χ3n) is 4.31. The number of carbonyl (C=O) groups is 1. The maximum Gasteiger partial charge on any atom is 0.255 e. The summed E-state index contributed by atoms with van der Waals surface area (Å²) < 4.78 is 6.67. The van der Waals surface area contributed by atoms with Gasteiger partial charge in [-0.2, -0.15) is 0 Å². The van der Waals surface area contributed by atoms with Crippen molar-refractivity contribution in [2.24, 2.45) is 0 Å². The normalized spacial score (nSPS) is 20.7. The van der Waals surface area contributed by atoms with Crippen LogP contribution in [0.25, 0.3) is 0 Å². The van der Waals surface area contributed by atoms with Crippen molar-refractivity contribution in [1.82, 2.24) is 15.2 Å². The first-order valence-corrected chi connectivity index (χ1v) is 8.78. The summed E-state index contributed by atoms with van der Waals surface area (Å²) in [6.07, 6.45) is 1.58. The van der Waals surface area contributed by atoms with Crippen molar-refractivity contribution < 1.29 is 9.53 Å². The Kier molecular flexibility index (Phi) is 5.16. The molecule has 1 aliphatic rings. The van der Waals surface area contributed by atoms with Crippen LogP contribution < -0.4 is 10.1 Å². The highest BCUT2D eigenvalue weighted by atomic mass is 79.9. The first-order chi connectivity index (χ1) is 11.5. The van der Waals surface area contributed by atoms with Crippen molar-refractivity contribution in [3.05, 3.63) is 52.6 Å². The number of piperazine rings is 1. The number of pyridine rings is 1. The molecule has 24 heavy (non-hydrogen) atoms. The van der Waals surface area contributed by atoms with Gasteiger partial charge in [0.15, 0.2) is 0 Å². The van der Waals surface area contributed by atoms with Gasteiger partial charge in [0.25, 0.3) is 5.91 Å². The zero-order valence-electron chi connectivity index (χ0n) is 13.7. The van der Waals surface area contributed by atoms with Crippen LogP contribution in [0.1, 0.15) is 24.2 Å². The number of ether oxygens (including phenoxy) is 1. The van der Waals surface area contributed by atoms with Crippen LogP contribution in [0, 0.1) is 0 Å². The molecule has 1 aliphatic heterocycles. The Morgan fingerprint density at radius 1 is 1.25 bits per heavy atom. The second-order valence-electron chi connectivity index (χ2n) is 5.92. The molecule has 2 unspecified atom stereocenters. The van der Waals surface area contributed by atoms with E-state index in [1.165, 1.54) is 0 Å². The fraction of sp³-hybridized carbons (Fsp3) is 0.333. The highest BCUT2D eigenvalue weighted by molar-refractivity contribution is 9.10. The van der Waals surface area contributed by atoms with Crippen molar-refractivity contribution in [2.45, 2.75) is 25.9 Å². The van der Waals surface area contributed by atoms with E-state index >= 15 is 0 Å². The number of aromatic nitrogens is 1. The van der Waals surface area contributed by atoms with Crippen LogP contribution in [0.2, 0.25) is 0 Å². The fourth-order valence-corrected chi connectivity index (χ4v) is 2.96. The summed E-state index contributed by atoms with van der Waals surface area (Å²) in [4.78, 5) is 18.8. The Morgan fingerprint density at radius 2 is 2.00 bits per heavy atom. The average molecular weight is 390 g/mol. The lowest BCUT2D eigenvalue weighted by Crippen LogP contribution is -2.57. The van der Waals surface area contributed by atoms with Gasteiger partial charge in [0.2, 0.25) is 5.88 Å². The third-order valence-corrected chi connectivity index (χ3v) is 4.84. The van der Waals surface area contributed by atoms with Crippen molar-refractivity contribution in [3.8, 4) is 11.6 Å². The standard InChI is InChI=1S/C18H20BrN3O2/c1-12-13(2)22(10-9-20-12)18(23)14-3-8-17(21-11-14)24-16-6-4-15(19)5-7-16/h3-8,11-13,20H,9-10H2,1-2H3. The lowest BCUT2D eigenvalue weighted by molar-refractivity contribution is 0.0602. The van der Waals surface area contributed by atoms with Gasteiger partial charge in [-0.25, -0.2) is 4.98 Å². The molecule has 126 valence electrons. The number of rotatable bonds is 3. The molecule has 1 amide bonds. The smallest absolute Gasteiger partial charge is 0.255 e. The van der Waals surface area contributed by atoms with E-state index < -0.39 is 0 Å². The molecule has 0 saturated carbocycles. The summed E-state index contributed by atoms with van der Waals surface area (Å²) in [5.74, 6) is 1.18. The number of nitrogens with one attached hydrogen (secondary N) is 1. The molecule has 5 nitrogen and oxygen atoms in total. The van der Waals surface area contributed by atoms with Crippen LogP contribution in [0.15, 0.2) is 47.1 Å². The summed E-state index contributed by atoms with van der Waals surface area (Å²) in [6.45, 7) is 5.68. The number of carbonyl (C=O) groups excluding carboxylic acids is 1. The largest absolute Gasteiger partial charge is 0.439 e. The molecule has 1 aromatic heterocycles. The van der Waals surface area contributed by atoms with Gasteiger partial charge in [-0.15, -0.1) is 0 Å². The van der Waals surface area contributed by atoms with E-state index in [9.17, 15) is 4.79 Å². The zero-order chi connectivity index (χ0) is 17.1. The maximum absolute atomic E-state index is 12.7. The van der Waals surface area contributed by atoms with E-state index in [4.69, 9.17) is 4.74 Å². The highest BCUT2D eigenvalue weighted by Crippen LogP contribution is 2.22. The number of hydrogen-bond donors (Lipinski definition) is 1. The van der Waals surface area contributed by atoms with Crippen LogP contribution >= 0.6 is 15.9 Å². The van der Waals surface area contributed by atoms with Crippen LogP contribution in [0.3, 0.4) is 0 Å². The molecule has 2 heterocycles. The van der Waals surface area contributed by atoms with Crippen LogP contribution in [-0.4, -0.2) is 41.0 Å². The second kappa shape index (κ2) is 7.32. The SMILES string of the molecule is CC1NCCN(C(=O)c2ccc(Oc3ccc(Br)cc3)nc2)C1C. The van der Waals surface area contributed by atoms with Gasteiger partial charge in [0.1, 0.15) is 5.75 Å². The molecular formula is C18H20BrN3O2. The monoisotopic (exact) mass is 389 g/mol. The van der Waals surface area contributed by atoms with Gasteiger partial charge in [-0.05, 0) is 44.2 Å². The Labute approximate surface area is 150 Å². The number of benzene rings is 1. The molecule has 0 bridgehead atoms. The number of nitrogens with zero attached hydrogens (tertiary/aromatic N) is 2. The van der Waals surface area contributed by atoms with E-state index in [-0.39, 0.29) is 18.0 Å². The Morgan fingerprint density at radius 3 is 2.67 bits per heavy atom. The molecule has 0 radical (unpaired) electrons. The van der Waals surface area contributed by atoms with Crippen molar-refractivity contribution >= 4 is 21.8 Å². The molecule has 2 aromatic rings. The fourth-order valence-electron chi connectivity index (χ4n) is 2.70. The van der Waals surface area contributed by atoms with Gasteiger partial charge in [-0.1, -0.05) is 15.9 Å². The van der Waals surface area contributed by atoms with E-state index in [0.717, 1.165) is 11.0 Å². The predicted molar refractivity (Wildman–Crippen MR) is 96.4 cm³/mol. The first-order valence-electron chi connectivity index (χ1n) is 7.98. The predicted octanol–water partition coefficient (Wildman–Crippen LogP) is 3.46. The van der Waals surface area contributed by atoms with E-state index in [1.54, 1.807) is 18.3 Å². The Bertz CT molecular complexity index is 703. The summed E-state index contributed by atoms with van der Waals surface area (Å²) in [6, 6.07) is 11.5. The highest BCUT2D eigenvalue weighted by Gasteiger charge is 2.28. The molecular weight excluding hydrogens is 370 g/mol. The quantitative estimate of drug-likeness (QED) is 0.872. The summed E-state index contributed by atoms with van der Waals surface area (Å²) in [5.41, 5.74) is 0.583. The minimum Gasteiger partial charge on any atom is -0.439 e. The zero-order valence-corrected chi connectivity index (χ0v) is 15.3.